The molecule has 0 aliphatic heterocycles. The van der Waals surface area contributed by atoms with Gasteiger partial charge in [-0.2, -0.15) is 0 Å². The van der Waals surface area contributed by atoms with Crippen LogP contribution in [0.4, 0.5) is 5.69 Å². The molecule has 2 aromatic rings. The largest absolute Gasteiger partial charge is 0.477 e. The summed E-state index contributed by atoms with van der Waals surface area (Å²) in [7, 11) is 0. The highest BCUT2D eigenvalue weighted by Crippen LogP contribution is 2.27. The summed E-state index contributed by atoms with van der Waals surface area (Å²) in [5, 5.41) is 13.4. The summed E-state index contributed by atoms with van der Waals surface area (Å²) >= 11 is 2.60. The van der Waals surface area contributed by atoms with E-state index in [1.807, 2.05) is 6.07 Å². The molecule has 4 nitrogen and oxygen atoms in total. The smallest absolute Gasteiger partial charge is 0.348 e. The van der Waals surface area contributed by atoms with Gasteiger partial charge in [-0.3, -0.25) is 4.79 Å². The minimum atomic E-state index is -1.02. The van der Waals surface area contributed by atoms with Gasteiger partial charge in [0.15, 0.2) is 0 Å². The third-order valence-electron chi connectivity index (χ3n) is 3.09. The molecule has 21 heavy (non-hydrogen) atoms. The Labute approximate surface area is 131 Å². The first-order chi connectivity index (χ1) is 10.1. The van der Waals surface area contributed by atoms with Crippen molar-refractivity contribution in [3.05, 3.63) is 37.7 Å². The van der Waals surface area contributed by atoms with Crippen molar-refractivity contribution in [2.75, 3.05) is 5.32 Å². The molecule has 112 valence electrons. The Morgan fingerprint density at radius 2 is 2.10 bits per heavy atom. The minimum Gasteiger partial charge on any atom is -0.477 e. The summed E-state index contributed by atoms with van der Waals surface area (Å²) in [6, 6.07) is 3.53. The van der Waals surface area contributed by atoms with Crippen LogP contribution < -0.4 is 5.32 Å². The van der Waals surface area contributed by atoms with Gasteiger partial charge in [-0.1, -0.05) is 20.3 Å². The third-order valence-corrected chi connectivity index (χ3v) is 5.22. The Morgan fingerprint density at radius 1 is 1.33 bits per heavy atom. The number of anilines is 1. The fourth-order valence-electron chi connectivity index (χ4n) is 2.07. The zero-order valence-corrected chi connectivity index (χ0v) is 13.6. The van der Waals surface area contributed by atoms with Crippen LogP contribution in [-0.4, -0.2) is 17.0 Å². The summed E-state index contributed by atoms with van der Waals surface area (Å²) in [6.07, 6.45) is 2.92. The van der Waals surface area contributed by atoms with Crippen LogP contribution in [0.5, 0.6) is 0 Å². The predicted octanol–water partition coefficient (Wildman–Crippen LogP) is 4.28. The number of thiophene rings is 2. The van der Waals surface area contributed by atoms with Gasteiger partial charge in [0.2, 0.25) is 0 Å². The summed E-state index contributed by atoms with van der Waals surface area (Å²) in [5.41, 5.74) is 1.57. The lowest BCUT2D eigenvalue weighted by atomic mass is 10.1. The normalized spacial score (nSPS) is 10.6. The maximum absolute atomic E-state index is 12.3. The lowest BCUT2D eigenvalue weighted by Crippen LogP contribution is -2.12. The van der Waals surface area contributed by atoms with Crippen molar-refractivity contribution in [3.63, 3.8) is 0 Å². The number of aromatic carboxylic acids is 1. The highest BCUT2D eigenvalue weighted by atomic mass is 32.1. The quantitative estimate of drug-likeness (QED) is 0.834. The van der Waals surface area contributed by atoms with E-state index < -0.39 is 5.97 Å². The van der Waals surface area contributed by atoms with Crippen LogP contribution >= 0.6 is 22.7 Å². The fourth-order valence-corrected chi connectivity index (χ4v) is 4.01. The first-order valence-electron chi connectivity index (χ1n) is 6.80. The molecular weight excluding hydrogens is 306 g/mol. The molecule has 2 N–H and O–H groups in total. The van der Waals surface area contributed by atoms with Gasteiger partial charge in [-0.25, -0.2) is 4.79 Å². The standard InChI is InChI=1S/C15H17NO3S2/c1-3-5-11-9(4-2)8-12(21-11)14(17)16-10-6-7-20-13(10)15(18)19/h6-8H,3-5H2,1-2H3,(H,16,17)(H,18,19). The molecule has 0 radical (unpaired) electrons. The van der Waals surface area contributed by atoms with Gasteiger partial charge in [-0.05, 0) is 35.9 Å². The van der Waals surface area contributed by atoms with E-state index in [4.69, 9.17) is 5.11 Å². The van der Waals surface area contributed by atoms with Crippen LogP contribution in [0.2, 0.25) is 0 Å². The average Bonchev–Trinajstić information content (AvgIpc) is 3.05. The number of carbonyl (C=O) groups excluding carboxylic acids is 1. The lowest BCUT2D eigenvalue weighted by molar-refractivity contribution is 0.0703. The van der Waals surface area contributed by atoms with Gasteiger partial charge in [0.25, 0.3) is 5.91 Å². The maximum atomic E-state index is 12.3. The van der Waals surface area contributed by atoms with Crippen LogP contribution in [0.1, 0.15) is 50.1 Å². The number of hydrogen-bond donors (Lipinski definition) is 2. The minimum absolute atomic E-state index is 0.157. The SMILES string of the molecule is CCCc1sc(C(=O)Nc2ccsc2C(=O)O)cc1CC. The van der Waals surface area contributed by atoms with Crippen molar-refractivity contribution < 1.29 is 14.7 Å². The summed E-state index contributed by atoms with van der Waals surface area (Å²) in [5.74, 6) is -1.26. The molecule has 2 rings (SSSR count). The topological polar surface area (TPSA) is 66.4 Å². The number of carboxylic acid groups (broad SMARTS) is 1. The van der Waals surface area contributed by atoms with E-state index in [0.717, 1.165) is 30.6 Å². The Bertz CT molecular complexity index is 658. The second kappa shape index (κ2) is 6.87. The molecule has 2 heterocycles. The summed E-state index contributed by atoms with van der Waals surface area (Å²) in [4.78, 5) is 25.4. The number of rotatable bonds is 6. The zero-order chi connectivity index (χ0) is 15.4. The summed E-state index contributed by atoms with van der Waals surface area (Å²) in [6.45, 7) is 4.19. The van der Waals surface area contributed by atoms with E-state index in [1.54, 1.807) is 11.4 Å². The number of hydrogen-bond acceptors (Lipinski definition) is 4. The number of nitrogens with one attached hydrogen (secondary N) is 1. The maximum Gasteiger partial charge on any atom is 0.348 e. The molecule has 0 aliphatic carbocycles. The molecule has 0 aromatic carbocycles. The first-order valence-corrected chi connectivity index (χ1v) is 8.50. The van der Waals surface area contributed by atoms with Gasteiger partial charge in [0, 0.05) is 4.88 Å². The molecule has 0 bridgehead atoms. The molecule has 2 aromatic heterocycles. The summed E-state index contributed by atoms with van der Waals surface area (Å²) < 4.78 is 0. The third kappa shape index (κ3) is 3.51. The molecule has 1 amide bonds. The number of amides is 1. The van der Waals surface area contributed by atoms with E-state index in [2.05, 4.69) is 19.2 Å². The van der Waals surface area contributed by atoms with Crippen LogP contribution in [-0.2, 0) is 12.8 Å². The van der Waals surface area contributed by atoms with Crippen molar-refractivity contribution in [1.29, 1.82) is 0 Å². The monoisotopic (exact) mass is 323 g/mol. The van der Waals surface area contributed by atoms with Gasteiger partial charge < -0.3 is 10.4 Å². The van der Waals surface area contributed by atoms with Crippen LogP contribution in [0.3, 0.4) is 0 Å². The highest BCUT2D eigenvalue weighted by molar-refractivity contribution is 7.14. The van der Waals surface area contributed by atoms with Crippen molar-refractivity contribution in [3.8, 4) is 0 Å². The fraction of sp³-hybridized carbons (Fsp3) is 0.333. The molecule has 0 aliphatic rings. The molecule has 0 saturated carbocycles. The van der Waals surface area contributed by atoms with E-state index in [0.29, 0.717) is 10.6 Å². The molecule has 0 saturated heterocycles. The molecule has 6 heteroatoms. The van der Waals surface area contributed by atoms with Crippen LogP contribution in [0, 0.1) is 0 Å². The second-order valence-corrected chi connectivity index (χ2v) is 6.64. The van der Waals surface area contributed by atoms with Gasteiger partial charge in [-0.15, -0.1) is 22.7 Å². The van der Waals surface area contributed by atoms with E-state index >= 15 is 0 Å². The first kappa shape index (κ1) is 15.7. The van der Waals surface area contributed by atoms with Crippen molar-refractivity contribution >= 4 is 40.2 Å². The zero-order valence-electron chi connectivity index (χ0n) is 11.9. The van der Waals surface area contributed by atoms with Crippen LogP contribution in [0.15, 0.2) is 17.5 Å². The highest BCUT2D eigenvalue weighted by Gasteiger charge is 2.17. The molecule has 0 spiro atoms. The van der Waals surface area contributed by atoms with Crippen LogP contribution in [0.25, 0.3) is 0 Å². The molecule has 0 fully saturated rings. The van der Waals surface area contributed by atoms with Crippen molar-refractivity contribution in [1.82, 2.24) is 0 Å². The van der Waals surface area contributed by atoms with E-state index in [1.165, 1.54) is 21.8 Å². The number of carboxylic acids is 1. The van der Waals surface area contributed by atoms with Crippen molar-refractivity contribution in [2.24, 2.45) is 0 Å². The number of aryl methyl sites for hydroxylation is 2. The predicted molar refractivity (Wildman–Crippen MR) is 86.9 cm³/mol. The Balaban J connectivity index is 2.20. The van der Waals surface area contributed by atoms with Gasteiger partial charge in [0.1, 0.15) is 4.88 Å². The Morgan fingerprint density at radius 3 is 2.71 bits per heavy atom. The number of carbonyl (C=O) groups is 2. The Kier molecular flexibility index (Phi) is 5.14. The van der Waals surface area contributed by atoms with Gasteiger partial charge >= 0.3 is 5.97 Å². The average molecular weight is 323 g/mol. The molecule has 0 unspecified atom stereocenters. The van der Waals surface area contributed by atoms with Gasteiger partial charge in [0.05, 0.1) is 10.6 Å². The second-order valence-electron chi connectivity index (χ2n) is 4.59. The Hall–Kier alpha value is -1.66. The van der Waals surface area contributed by atoms with E-state index in [-0.39, 0.29) is 10.8 Å². The molecule has 0 atom stereocenters. The molecular formula is C15H17NO3S2. The van der Waals surface area contributed by atoms with E-state index in [9.17, 15) is 9.59 Å². The lowest BCUT2D eigenvalue weighted by Gasteiger charge is -2.02. The van der Waals surface area contributed by atoms with Crippen molar-refractivity contribution in [2.45, 2.75) is 33.1 Å².